The van der Waals surface area contributed by atoms with Crippen molar-refractivity contribution in [2.75, 3.05) is 0 Å². The van der Waals surface area contributed by atoms with Gasteiger partial charge in [-0.1, -0.05) is 34.1 Å². The Kier molecular flexibility index (Phi) is 4.71. The third-order valence-corrected chi connectivity index (χ3v) is 11.3. The van der Waals surface area contributed by atoms with Crippen LogP contribution in [0.15, 0.2) is 0 Å². The Morgan fingerprint density at radius 1 is 1.00 bits per heavy atom. The van der Waals surface area contributed by atoms with Crippen LogP contribution < -0.4 is 0 Å². The Labute approximate surface area is 197 Å². The number of ether oxygens (including phenoxy) is 4. The molecule has 2 bridgehead atoms. The molecule has 0 aromatic carbocycles. The van der Waals surface area contributed by atoms with E-state index in [1.54, 1.807) is 0 Å². The molecule has 10 unspecified atom stereocenters. The van der Waals surface area contributed by atoms with Crippen LogP contribution in [0.4, 0.5) is 0 Å². The summed E-state index contributed by atoms with van der Waals surface area (Å²) in [6.07, 6.45) is 7.84. The summed E-state index contributed by atoms with van der Waals surface area (Å²) < 4.78 is 24.2. The van der Waals surface area contributed by atoms with E-state index in [1.807, 2.05) is 0 Å². The highest BCUT2D eigenvalue weighted by atomic mass is 16.8. The molecule has 184 valence electrons. The van der Waals surface area contributed by atoms with Gasteiger partial charge in [-0.25, -0.2) is 0 Å². The number of hydrogen-bond donors (Lipinski definition) is 0. The Bertz CT molecular complexity index is 869. The van der Waals surface area contributed by atoms with Gasteiger partial charge in [0.15, 0.2) is 11.9 Å². The van der Waals surface area contributed by atoms with Crippen molar-refractivity contribution in [3.8, 4) is 0 Å². The van der Waals surface area contributed by atoms with E-state index in [9.17, 15) is 9.59 Å². The number of hydrogen-bond acceptors (Lipinski definition) is 6. The Morgan fingerprint density at radius 3 is 2.55 bits per heavy atom. The molecule has 6 fully saturated rings. The number of esters is 2. The average molecular weight is 461 g/mol. The van der Waals surface area contributed by atoms with Crippen LogP contribution in [0.5, 0.6) is 0 Å². The number of carbonyl (C=O) groups is 2. The van der Waals surface area contributed by atoms with Crippen molar-refractivity contribution in [3.63, 3.8) is 0 Å². The summed E-state index contributed by atoms with van der Waals surface area (Å²) in [6, 6.07) is 0. The molecule has 0 aromatic heterocycles. The molecule has 1 spiro atoms. The van der Waals surface area contributed by atoms with Crippen LogP contribution in [-0.2, 0) is 28.5 Å². The van der Waals surface area contributed by atoms with Crippen LogP contribution in [0.2, 0.25) is 0 Å². The second kappa shape index (κ2) is 6.96. The molecule has 3 aliphatic heterocycles. The lowest BCUT2D eigenvalue weighted by Crippen LogP contribution is -2.60. The molecule has 0 radical (unpaired) electrons. The van der Waals surface area contributed by atoms with E-state index in [1.165, 1.54) is 45.4 Å². The Balaban J connectivity index is 1.39. The summed E-state index contributed by atoms with van der Waals surface area (Å²) in [7, 11) is 0. The lowest BCUT2D eigenvalue weighted by molar-refractivity contribution is -0.222. The predicted molar refractivity (Wildman–Crippen MR) is 120 cm³/mol. The molecule has 3 saturated heterocycles. The Hall–Kier alpha value is -1.14. The summed E-state index contributed by atoms with van der Waals surface area (Å²) >= 11 is 0. The molecular formula is C27H40O6. The van der Waals surface area contributed by atoms with E-state index in [-0.39, 0.29) is 36.0 Å². The zero-order valence-electron chi connectivity index (χ0n) is 20.9. The molecule has 3 aliphatic carbocycles. The molecule has 6 nitrogen and oxygen atoms in total. The molecule has 6 heteroatoms. The number of rotatable bonds is 1. The first-order valence-electron chi connectivity index (χ1n) is 13.2. The summed E-state index contributed by atoms with van der Waals surface area (Å²) in [4.78, 5) is 24.4. The van der Waals surface area contributed by atoms with Crippen LogP contribution in [0.1, 0.15) is 92.4 Å². The fourth-order valence-electron chi connectivity index (χ4n) is 10.1. The smallest absolute Gasteiger partial charge is 0.311 e. The van der Waals surface area contributed by atoms with Crippen molar-refractivity contribution in [3.05, 3.63) is 0 Å². The van der Waals surface area contributed by atoms with Gasteiger partial charge >= 0.3 is 11.9 Å². The largest absolute Gasteiger partial charge is 0.459 e. The van der Waals surface area contributed by atoms with Crippen molar-refractivity contribution in [1.29, 1.82) is 0 Å². The topological polar surface area (TPSA) is 71.1 Å². The zero-order chi connectivity index (χ0) is 23.4. The first-order valence-corrected chi connectivity index (χ1v) is 13.2. The number of carbonyl (C=O) groups excluding carboxylic acids is 2. The molecule has 0 amide bonds. The lowest BCUT2D eigenvalue weighted by atomic mass is 9.38. The van der Waals surface area contributed by atoms with Gasteiger partial charge in [0.2, 0.25) is 6.29 Å². The van der Waals surface area contributed by atoms with E-state index in [0.29, 0.717) is 22.7 Å². The molecule has 33 heavy (non-hydrogen) atoms. The molecule has 0 N–H and O–H groups in total. The van der Waals surface area contributed by atoms with Gasteiger partial charge in [0.05, 0.1) is 6.42 Å². The first kappa shape index (κ1) is 22.3. The highest BCUT2D eigenvalue weighted by Crippen LogP contribution is 2.71. The third kappa shape index (κ3) is 2.92. The number of fused-ring (bicyclic) bond motifs is 7. The maximum atomic E-state index is 12.2. The normalized spacial score (nSPS) is 54.2. The van der Waals surface area contributed by atoms with E-state index in [4.69, 9.17) is 18.9 Å². The van der Waals surface area contributed by atoms with Gasteiger partial charge in [0.25, 0.3) is 0 Å². The quantitative estimate of drug-likeness (QED) is 0.514. The van der Waals surface area contributed by atoms with Crippen molar-refractivity contribution in [2.24, 2.45) is 39.9 Å². The van der Waals surface area contributed by atoms with Gasteiger partial charge < -0.3 is 18.9 Å². The van der Waals surface area contributed by atoms with Crippen LogP contribution >= 0.6 is 0 Å². The Morgan fingerprint density at radius 2 is 1.79 bits per heavy atom. The predicted octanol–water partition coefficient (Wildman–Crippen LogP) is 4.98. The second-order valence-electron chi connectivity index (χ2n) is 13.3. The first-order chi connectivity index (χ1) is 15.5. The van der Waals surface area contributed by atoms with Crippen LogP contribution in [0.25, 0.3) is 0 Å². The van der Waals surface area contributed by atoms with E-state index < -0.39 is 18.0 Å². The minimum atomic E-state index is -0.995. The molecule has 6 rings (SSSR count). The van der Waals surface area contributed by atoms with Gasteiger partial charge in [-0.2, -0.15) is 0 Å². The van der Waals surface area contributed by atoms with Gasteiger partial charge in [0.1, 0.15) is 6.10 Å². The molecule has 10 atom stereocenters. The SMILES string of the molecule is CC(=O)OC1CC2C(CCC3C2(C)CCC2C(C)(C)CCCC23C)C2OC3OC(=O)CC13O2. The molecule has 3 saturated carbocycles. The zero-order valence-corrected chi connectivity index (χ0v) is 20.9. The second-order valence-corrected chi connectivity index (χ2v) is 13.3. The minimum Gasteiger partial charge on any atom is -0.459 e. The van der Waals surface area contributed by atoms with Gasteiger partial charge in [-0.05, 0) is 78.9 Å². The maximum Gasteiger partial charge on any atom is 0.311 e. The van der Waals surface area contributed by atoms with Crippen molar-refractivity contribution >= 4 is 11.9 Å². The van der Waals surface area contributed by atoms with Gasteiger partial charge in [0, 0.05) is 12.8 Å². The minimum absolute atomic E-state index is 0.0969. The molecular weight excluding hydrogens is 420 g/mol. The fourth-order valence-corrected chi connectivity index (χ4v) is 10.1. The van der Waals surface area contributed by atoms with Crippen molar-refractivity contribution in [2.45, 2.75) is 117 Å². The summed E-state index contributed by atoms with van der Waals surface area (Å²) in [5, 5.41) is 0. The highest BCUT2D eigenvalue weighted by molar-refractivity contribution is 5.74. The van der Waals surface area contributed by atoms with Crippen LogP contribution in [0.3, 0.4) is 0 Å². The summed E-state index contributed by atoms with van der Waals surface area (Å²) in [5.74, 6) is 1.32. The maximum absolute atomic E-state index is 12.2. The van der Waals surface area contributed by atoms with Crippen molar-refractivity contribution < 1.29 is 28.5 Å². The molecule has 0 aromatic rings. The van der Waals surface area contributed by atoms with E-state index in [0.717, 1.165) is 18.8 Å². The summed E-state index contributed by atoms with van der Waals surface area (Å²) in [6.45, 7) is 11.5. The third-order valence-electron chi connectivity index (χ3n) is 11.3. The fraction of sp³-hybridized carbons (Fsp3) is 0.926. The van der Waals surface area contributed by atoms with Crippen LogP contribution in [-0.4, -0.2) is 36.2 Å². The lowest BCUT2D eigenvalue weighted by Gasteiger charge is -2.67. The van der Waals surface area contributed by atoms with E-state index in [2.05, 4.69) is 27.7 Å². The summed E-state index contributed by atoms with van der Waals surface area (Å²) in [5.41, 5.74) is -0.109. The highest BCUT2D eigenvalue weighted by Gasteiger charge is 2.71. The van der Waals surface area contributed by atoms with Gasteiger partial charge in [-0.3, -0.25) is 9.59 Å². The monoisotopic (exact) mass is 460 g/mol. The molecule has 6 aliphatic rings. The molecule has 3 heterocycles. The van der Waals surface area contributed by atoms with Gasteiger partial charge in [-0.15, -0.1) is 0 Å². The van der Waals surface area contributed by atoms with E-state index >= 15 is 0 Å². The average Bonchev–Trinajstić information content (AvgIpc) is 3.15. The van der Waals surface area contributed by atoms with Crippen LogP contribution in [0, 0.1) is 39.9 Å². The van der Waals surface area contributed by atoms with Crippen molar-refractivity contribution in [1.82, 2.24) is 0 Å². The standard InChI is InChI=1S/C27H40O6/c1-15(28)30-20-13-17-16(22-32-23-27(20,33-22)14-21(29)31-23)7-8-19-25(17,4)12-9-18-24(2,3)10-6-11-26(18,19)5/h16-20,22-23H,6-14H2,1-5H3.